The number of rotatable bonds is 3. The molecule has 5 heteroatoms. The molecule has 0 aliphatic carbocycles. The molecule has 25 heavy (non-hydrogen) atoms. The Morgan fingerprint density at radius 1 is 1.08 bits per heavy atom. The summed E-state index contributed by atoms with van der Waals surface area (Å²) in [5.41, 5.74) is 1.32. The highest BCUT2D eigenvalue weighted by Gasteiger charge is 2.36. The smallest absolute Gasteiger partial charge is 0.223 e. The SMILES string of the molecule is C[C@]1(c2ccccc2)CCC(=O)N(Cc2nnc3n2CCCCC3)C1. The number of benzene rings is 1. The van der Waals surface area contributed by atoms with Crippen LogP contribution in [0, 0.1) is 0 Å². The van der Waals surface area contributed by atoms with Crippen LogP contribution >= 0.6 is 0 Å². The van der Waals surface area contributed by atoms with Gasteiger partial charge in [0.1, 0.15) is 5.82 Å². The van der Waals surface area contributed by atoms with Crippen molar-refractivity contribution in [1.29, 1.82) is 0 Å². The fourth-order valence-corrected chi connectivity index (χ4v) is 4.18. The predicted molar refractivity (Wildman–Crippen MR) is 96.0 cm³/mol. The van der Waals surface area contributed by atoms with Crippen LogP contribution in [0.25, 0.3) is 0 Å². The number of hydrogen-bond donors (Lipinski definition) is 0. The second-order valence-corrected chi connectivity index (χ2v) is 7.67. The van der Waals surface area contributed by atoms with Gasteiger partial charge in [0, 0.05) is 31.3 Å². The van der Waals surface area contributed by atoms with Crippen molar-refractivity contribution in [2.24, 2.45) is 0 Å². The molecule has 0 bridgehead atoms. The van der Waals surface area contributed by atoms with Crippen LogP contribution in [0.4, 0.5) is 0 Å². The highest BCUT2D eigenvalue weighted by molar-refractivity contribution is 5.77. The zero-order valence-corrected chi connectivity index (χ0v) is 14.9. The van der Waals surface area contributed by atoms with Crippen LogP contribution in [0.1, 0.15) is 56.2 Å². The van der Waals surface area contributed by atoms with Gasteiger partial charge >= 0.3 is 0 Å². The molecule has 0 spiro atoms. The van der Waals surface area contributed by atoms with E-state index in [9.17, 15) is 4.79 Å². The van der Waals surface area contributed by atoms with Gasteiger partial charge in [0.25, 0.3) is 0 Å². The molecule has 1 aromatic carbocycles. The summed E-state index contributed by atoms with van der Waals surface area (Å²) in [6.07, 6.45) is 6.12. The number of aryl methyl sites for hydroxylation is 1. The molecule has 1 aromatic heterocycles. The van der Waals surface area contributed by atoms with Crippen LogP contribution in [-0.2, 0) is 29.7 Å². The average molecular weight is 338 g/mol. The van der Waals surface area contributed by atoms with Gasteiger partial charge in [0.2, 0.25) is 5.91 Å². The van der Waals surface area contributed by atoms with Crippen molar-refractivity contribution in [1.82, 2.24) is 19.7 Å². The van der Waals surface area contributed by atoms with Crippen LogP contribution in [-0.4, -0.2) is 32.1 Å². The van der Waals surface area contributed by atoms with Crippen LogP contribution in [0.2, 0.25) is 0 Å². The lowest BCUT2D eigenvalue weighted by molar-refractivity contribution is -0.136. The zero-order valence-electron chi connectivity index (χ0n) is 14.9. The molecule has 2 aliphatic heterocycles. The molecule has 0 unspecified atom stereocenters. The highest BCUT2D eigenvalue weighted by Crippen LogP contribution is 2.34. The Labute approximate surface area is 149 Å². The molecule has 3 heterocycles. The first-order valence-electron chi connectivity index (χ1n) is 9.40. The molecule has 2 aliphatic rings. The van der Waals surface area contributed by atoms with Crippen LogP contribution < -0.4 is 0 Å². The predicted octanol–water partition coefficient (Wildman–Crippen LogP) is 3.08. The monoisotopic (exact) mass is 338 g/mol. The Hall–Kier alpha value is -2.17. The van der Waals surface area contributed by atoms with Gasteiger partial charge in [-0.1, -0.05) is 43.7 Å². The summed E-state index contributed by atoms with van der Waals surface area (Å²) in [4.78, 5) is 14.5. The number of fused-ring (bicyclic) bond motifs is 1. The molecule has 0 N–H and O–H groups in total. The zero-order chi connectivity index (χ0) is 17.3. The van der Waals surface area contributed by atoms with Gasteiger partial charge in [-0.2, -0.15) is 0 Å². The Morgan fingerprint density at radius 3 is 2.76 bits per heavy atom. The number of likely N-dealkylation sites (tertiary alicyclic amines) is 1. The summed E-state index contributed by atoms with van der Waals surface area (Å²) in [6.45, 7) is 4.58. The maximum absolute atomic E-state index is 12.5. The van der Waals surface area contributed by atoms with Crippen molar-refractivity contribution >= 4 is 5.91 Å². The van der Waals surface area contributed by atoms with E-state index >= 15 is 0 Å². The van der Waals surface area contributed by atoms with Crippen LogP contribution in [0.15, 0.2) is 30.3 Å². The molecular weight excluding hydrogens is 312 g/mol. The van der Waals surface area contributed by atoms with Crippen molar-refractivity contribution < 1.29 is 4.79 Å². The second kappa shape index (κ2) is 6.62. The van der Waals surface area contributed by atoms with E-state index in [-0.39, 0.29) is 11.3 Å². The summed E-state index contributed by atoms with van der Waals surface area (Å²) in [6, 6.07) is 10.6. The average Bonchev–Trinajstić information content (AvgIpc) is 2.86. The van der Waals surface area contributed by atoms with E-state index in [0.29, 0.717) is 13.0 Å². The van der Waals surface area contributed by atoms with Crippen molar-refractivity contribution in [3.05, 3.63) is 47.5 Å². The third-order valence-corrected chi connectivity index (χ3v) is 5.77. The lowest BCUT2D eigenvalue weighted by Crippen LogP contribution is -2.47. The summed E-state index contributed by atoms with van der Waals surface area (Å²) < 4.78 is 2.24. The molecule has 1 amide bonds. The van der Waals surface area contributed by atoms with Crippen molar-refractivity contribution in [2.45, 2.75) is 64.0 Å². The van der Waals surface area contributed by atoms with Gasteiger partial charge in [-0.3, -0.25) is 4.79 Å². The van der Waals surface area contributed by atoms with Gasteiger partial charge in [-0.05, 0) is 24.8 Å². The molecule has 4 rings (SSSR count). The third kappa shape index (κ3) is 3.20. The van der Waals surface area contributed by atoms with E-state index in [0.717, 1.165) is 37.6 Å². The maximum Gasteiger partial charge on any atom is 0.223 e. The van der Waals surface area contributed by atoms with Crippen molar-refractivity contribution in [3.8, 4) is 0 Å². The molecule has 5 nitrogen and oxygen atoms in total. The molecule has 1 atom stereocenters. The van der Waals surface area contributed by atoms with Gasteiger partial charge in [0.05, 0.1) is 6.54 Å². The largest absolute Gasteiger partial charge is 0.334 e. The Bertz CT molecular complexity index is 754. The Balaban J connectivity index is 1.56. The summed E-state index contributed by atoms with van der Waals surface area (Å²) in [7, 11) is 0. The molecule has 2 aromatic rings. The summed E-state index contributed by atoms with van der Waals surface area (Å²) in [5.74, 6) is 2.27. The maximum atomic E-state index is 12.5. The minimum absolute atomic E-state index is 0.0107. The van der Waals surface area contributed by atoms with Crippen LogP contribution in [0.3, 0.4) is 0 Å². The topological polar surface area (TPSA) is 51.0 Å². The lowest BCUT2D eigenvalue weighted by Gasteiger charge is -2.40. The van der Waals surface area contributed by atoms with E-state index in [1.165, 1.54) is 24.8 Å². The quantitative estimate of drug-likeness (QED) is 0.864. The number of piperidine rings is 1. The van der Waals surface area contributed by atoms with Crippen molar-refractivity contribution in [2.75, 3.05) is 6.54 Å². The number of aromatic nitrogens is 3. The first-order chi connectivity index (χ1) is 12.2. The van der Waals surface area contributed by atoms with Gasteiger partial charge in [-0.15, -0.1) is 10.2 Å². The van der Waals surface area contributed by atoms with Gasteiger partial charge in [0.15, 0.2) is 5.82 Å². The minimum Gasteiger partial charge on any atom is -0.334 e. The molecule has 1 saturated heterocycles. The van der Waals surface area contributed by atoms with E-state index in [4.69, 9.17) is 0 Å². The van der Waals surface area contributed by atoms with E-state index in [2.05, 4.69) is 46.0 Å². The molecule has 0 saturated carbocycles. The molecule has 132 valence electrons. The minimum atomic E-state index is 0.0107. The normalized spacial score (nSPS) is 24.0. The summed E-state index contributed by atoms with van der Waals surface area (Å²) in [5, 5.41) is 8.78. The third-order valence-electron chi connectivity index (χ3n) is 5.77. The Kier molecular flexibility index (Phi) is 4.32. The number of amides is 1. The van der Waals surface area contributed by atoms with Gasteiger partial charge in [-0.25, -0.2) is 0 Å². The molecule has 0 radical (unpaired) electrons. The second-order valence-electron chi connectivity index (χ2n) is 7.67. The van der Waals surface area contributed by atoms with Gasteiger partial charge < -0.3 is 9.47 Å². The van der Waals surface area contributed by atoms with E-state index in [1.807, 2.05) is 11.0 Å². The fourth-order valence-electron chi connectivity index (χ4n) is 4.18. The van der Waals surface area contributed by atoms with Crippen LogP contribution in [0.5, 0.6) is 0 Å². The van der Waals surface area contributed by atoms with Crippen molar-refractivity contribution in [3.63, 3.8) is 0 Å². The standard InChI is InChI=1S/C20H26N4O/c1-20(16-8-4-2-5-9-16)12-11-19(25)23(15-20)14-18-22-21-17-10-6-3-7-13-24(17)18/h2,4-5,8-9H,3,6-7,10-15H2,1H3/t20-/m0/s1. The fraction of sp³-hybridized carbons (Fsp3) is 0.550. The summed E-state index contributed by atoms with van der Waals surface area (Å²) >= 11 is 0. The first kappa shape index (κ1) is 16.3. The highest BCUT2D eigenvalue weighted by atomic mass is 16.2. The number of hydrogen-bond acceptors (Lipinski definition) is 3. The lowest BCUT2D eigenvalue weighted by atomic mass is 9.75. The molecular formula is C20H26N4O. The van der Waals surface area contributed by atoms with E-state index < -0.39 is 0 Å². The Morgan fingerprint density at radius 2 is 1.92 bits per heavy atom. The first-order valence-corrected chi connectivity index (χ1v) is 9.40. The number of nitrogens with zero attached hydrogens (tertiary/aromatic N) is 4. The van der Waals surface area contributed by atoms with E-state index in [1.54, 1.807) is 0 Å². The molecule has 1 fully saturated rings. The number of carbonyl (C=O) groups is 1. The number of carbonyl (C=O) groups excluding carboxylic acids is 1.